The summed E-state index contributed by atoms with van der Waals surface area (Å²) in [4.78, 5) is 18.3. The Morgan fingerprint density at radius 3 is 3.00 bits per heavy atom. The molecule has 9 heteroatoms. The molecule has 1 aliphatic heterocycles. The number of aromatic nitrogens is 1. The average molecular weight is 491 g/mol. The van der Waals surface area contributed by atoms with Gasteiger partial charge in [0.15, 0.2) is 0 Å². The van der Waals surface area contributed by atoms with E-state index in [0.29, 0.717) is 29.6 Å². The number of carboxylic acid groups (broad SMARTS) is 1. The second-order valence-corrected chi connectivity index (χ2v) is 10.6. The summed E-state index contributed by atoms with van der Waals surface area (Å²) >= 11 is 3.48. The first kappa shape index (κ1) is 23.9. The second kappa shape index (κ2) is 10.8. The molecule has 0 aliphatic carbocycles. The van der Waals surface area contributed by atoms with Crippen LogP contribution in [0, 0.1) is 17.7 Å². The van der Waals surface area contributed by atoms with Crippen molar-refractivity contribution in [1.82, 2.24) is 9.88 Å². The van der Waals surface area contributed by atoms with Crippen LogP contribution in [0.25, 0.3) is 10.9 Å². The van der Waals surface area contributed by atoms with Crippen molar-refractivity contribution in [3.63, 3.8) is 0 Å². The van der Waals surface area contributed by atoms with Gasteiger partial charge in [-0.05, 0) is 54.9 Å². The molecule has 3 atom stereocenters. The lowest BCUT2D eigenvalue weighted by molar-refractivity contribution is -0.146. The van der Waals surface area contributed by atoms with Crippen LogP contribution in [0.4, 0.5) is 4.39 Å². The standard InChI is InChI=1S/C24H27FN2O4S2/c1-31-16-4-5-20-17(12-16)23(19(25)13-26-20)21(28)11-15-6-7-27(14-18(15)24(29)30)8-10-33-22-3-2-9-32-22/h2-5,9,12-13,15,18,21,28H,6-8,10-11,14H2,1H3,(H,29,30). The van der Waals surface area contributed by atoms with Crippen molar-refractivity contribution >= 4 is 40.0 Å². The number of aliphatic carboxylic acids is 1. The van der Waals surface area contributed by atoms with Gasteiger partial charge in [-0.25, -0.2) is 4.39 Å². The quantitative estimate of drug-likeness (QED) is 0.421. The fraction of sp³-hybridized carbons (Fsp3) is 0.417. The normalized spacial score (nSPS) is 20.1. The highest BCUT2D eigenvalue weighted by atomic mass is 32.2. The van der Waals surface area contributed by atoms with Gasteiger partial charge in [0, 0.05) is 29.8 Å². The molecule has 1 saturated heterocycles. The monoisotopic (exact) mass is 490 g/mol. The number of likely N-dealkylation sites (tertiary alicyclic amines) is 1. The number of nitrogens with zero attached hydrogens (tertiary/aromatic N) is 2. The summed E-state index contributed by atoms with van der Waals surface area (Å²) in [6, 6.07) is 9.22. The maximum absolute atomic E-state index is 14.7. The van der Waals surface area contributed by atoms with E-state index >= 15 is 0 Å². The molecule has 6 nitrogen and oxygen atoms in total. The number of carbonyl (C=O) groups is 1. The first-order chi connectivity index (χ1) is 16.0. The van der Waals surface area contributed by atoms with Gasteiger partial charge in [0.05, 0.1) is 35.1 Å². The number of thioether (sulfide) groups is 1. The molecule has 3 unspecified atom stereocenters. The van der Waals surface area contributed by atoms with E-state index in [1.165, 1.54) is 11.3 Å². The first-order valence-electron chi connectivity index (χ1n) is 10.9. The molecule has 1 aromatic carbocycles. The third-order valence-electron chi connectivity index (χ3n) is 6.23. The van der Waals surface area contributed by atoms with Gasteiger partial charge in [-0.1, -0.05) is 6.07 Å². The van der Waals surface area contributed by atoms with Crippen molar-refractivity contribution < 1.29 is 24.1 Å². The number of piperidine rings is 1. The van der Waals surface area contributed by atoms with Crippen molar-refractivity contribution in [3.8, 4) is 5.75 Å². The van der Waals surface area contributed by atoms with E-state index in [0.717, 1.165) is 25.0 Å². The topological polar surface area (TPSA) is 82.9 Å². The zero-order valence-electron chi connectivity index (χ0n) is 18.3. The minimum absolute atomic E-state index is 0.151. The maximum atomic E-state index is 14.7. The summed E-state index contributed by atoms with van der Waals surface area (Å²) in [6.07, 6.45) is 0.805. The van der Waals surface area contributed by atoms with Crippen molar-refractivity contribution in [3.05, 3.63) is 53.3 Å². The highest BCUT2D eigenvalue weighted by Crippen LogP contribution is 2.36. The van der Waals surface area contributed by atoms with Crippen molar-refractivity contribution in [1.29, 1.82) is 0 Å². The number of hydrogen-bond acceptors (Lipinski definition) is 7. The Morgan fingerprint density at radius 1 is 1.42 bits per heavy atom. The molecule has 0 amide bonds. The summed E-state index contributed by atoms with van der Waals surface area (Å²) in [6.45, 7) is 2.01. The zero-order chi connectivity index (χ0) is 23.4. The van der Waals surface area contributed by atoms with E-state index < -0.39 is 23.8 Å². The van der Waals surface area contributed by atoms with E-state index in [1.54, 1.807) is 41.3 Å². The fourth-order valence-electron chi connectivity index (χ4n) is 4.49. The average Bonchev–Trinajstić information content (AvgIpc) is 3.32. The van der Waals surface area contributed by atoms with E-state index in [4.69, 9.17) is 4.74 Å². The van der Waals surface area contributed by atoms with E-state index in [2.05, 4.69) is 16.0 Å². The van der Waals surface area contributed by atoms with Crippen LogP contribution in [-0.2, 0) is 4.79 Å². The minimum Gasteiger partial charge on any atom is -0.497 e. The van der Waals surface area contributed by atoms with Gasteiger partial charge in [0.2, 0.25) is 0 Å². The molecule has 176 valence electrons. The molecule has 2 N–H and O–H groups in total. The Labute approximate surface area is 200 Å². The van der Waals surface area contributed by atoms with E-state index in [9.17, 15) is 19.4 Å². The van der Waals surface area contributed by atoms with Crippen molar-refractivity contribution in [2.24, 2.45) is 11.8 Å². The molecule has 3 heterocycles. The van der Waals surface area contributed by atoms with Crippen molar-refractivity contribution in [2.45, 2.75) is 23.2 Å². The predicted octanol–water partition coefficient (Wildman–Crippen LogP) is 4.68. The van der Waals surface area contributed by atoms with Crippen LogP contribution in [0.1, 0.15) is 24.5 Å². The van der Waals surface area contributed by atoms with Crippen LogP contribution in [0.5, 0.6) is 5.75 Å². The van der Waals surface area contributed by atoms with Crippen LogP contribution in [0.15, 0.2) is 46.1 Å². The zero-order valence-corrected chi connectivity index (χ0v) is 19.9. The highest BCUT2D eigenvalue weighted by molar-refractivity contribution is 8.01. The smallest absolute Gasteiger partial charge is 0.308 e. The van der Waals surface area contributed by atoms with Gasteiger partial charge in [0.1, 0.15) is 11.6 Å². The molecule has 1 fully saturated rings. The predicted molar refractivity (Wildman–Crippen MR) is 129 cm³/mol. The van der Waals surface area contributed by atoms with Gasteiger partial charge < -0.3 is 19.8 Å². The number of hydrogen-bond donors (Lipinski definition) is 2. The molecule has 0 spiro atoms. The van der Waals surface area contributed by atoms with Gasteiger partial charge in [-0.3, -0.25) is 9.78 Å². The lowest BCUT2D eigenvalue weighted by Crippen LogP contribution is -2.45. The van der Waals surface area contributed by atoms with E-state index in [-0.39, 0.29) is 17.9 Å². The van der Waals surface area contributed by atoms with E-state index in [1.807, 2.05) is 11.4 Å². The number of thiophene rings is 1. The molecule has 3 aromatic rings. The number of carboxylic acids is 1. The first-order valence-corrected chi connectivity index (χ1v) is 12.7. The second-order valence-electron chi connectivity index (χ2n) is 8.23. The Morgan fingerprint density at radius 2 is 2.27 bits per heavy atom. The van der Waals surface area contributed by atoms with Crippen LogP contribution in [0.3, 0.4) is 0 Å². The Balaban J connectivity index is 1.45. The van der Waals surface area contributed by atoms with Crippen LogP contribution < -0.4 is 4.74 Å². The molecule has 4 rings (SSSR count). The molecular weight excluding hydrogens is 463 g/mol. The van der Waals surface area contributed by atoms with Gasteiger partial charge in [0.25, 0.3) is 0 Å². The number of halogens is 1. The Bertz CT molecular complexity index is 1100. The van der Waals surface area contributed by atoms with Crippen LogP contribution in [0.2, 0.25) is 0 Å². The Kier molecular flexibility index (Phi) is 7.85. The molecule has 0 saturated carbocycles. The number of aliphatic hydroxyl groups excluding tert-OH is 1. The number of benzene rings is 1. The molecule has 33 heavy (non-hydrogen) atoms. The van der Waals surface area contributed by atoms with Crippen LogP contribution in [-0.4, -0.2) is 58.6 Å². The fourth-order valence-corrected chi connectivity index (χ4v) is 6.35. The number of pyridine rings is 1. The third kappa shape index (κ3) is 5.66. The lowest BCUT2D eigenvalue weighted by atomic mass is 9.80. The lowest BCUT2D eigenvalue weighted by Gasteiger charge is -2.37. The van der Waals surface area contributed by atoms with Gasteiger partial charge in [-0.15, -0.1) is 23.1 Å². The highest BCUT2D eigenvalue weighted by Gasteiger charge is 2.36. The SMILES string of the molecule is COc1ccc2ncc(F)c(C(O)CC3CCN(CCSc4cccs4)CC3C(=O)O)c2c1. The Hall–Kier alpha value is -2.20. The number of rotatable bonds is 9. The van der Waals surface area contributed by atoms with Gasteiger partial charge in [-0.2, -0.15) is 0 Å². The summed E-state index contributed by atoms with van der Waals surface area (Å²) in [5.41, 5.74) is 0.705. The number of fused-ring (bicyclic) bond motifs is 1. The van der Waals surface area contributed by atoms with Gasteiger partial charge >= 0.3 is 5.97 Å². The molecule has 2 aromatic heterocycles. The number of aliphatic hydroxyl groups is 1. The molecule has 0 radical (unpaired) electrons. The number of ether oxygens (including phenoxy) is 1. The number of methoxy groups -OCH3 is 1. The molecule has 1 aliphatic rings. The molecule has 0 bridgehead atoms. The molecular formula is C24H27FN2O4S2. The largest absolute Gasteiger partial charge is 0.497 e. The van der Waals surface area contributed by atoms with Crippen molar-refractivity contribution in [2.75, 3.05) is 32.5 Å². The summed E-state index contributed by atoms with van der Waals surface area (Å²) in [7, 11) is 1.52. The maximum Gasteiger partial charge on any atom is 0.308 e. The minimum atomic E-state index is -1.13. The third-order valence-corrected chi connectivity index (χ3v) is 8.34. The summed E-state index contributed by atoms with van der Waals surface area (Å²) in [5, 5.41) is 23.4. The summed E-state index contributed by atoms with van der Waals surface area (Å²) in [5.74, 6) is -0.878. The summed E-state index contributed by atoms with van der Waals surface area (Å²) < 4.78 is 21.2. The van der Waals surface area contributed by atoms with Crippen LogP contribution >= 0.6 is 23.1 Å².